The number of piperidine rings is 1. The standard InChI is InChI=1S/C18H23N3O4S2/c1-25-16-5-3-2-4-15(16)17(22)20-13-18(14-6-11-26-12-14)7-9-21(10-8-18)27(19,23)24/h2-6,11-12H,7-10,13H2,1H3,(H,20,22)(H2,19,23,24). The fraction of sp³-hybridized carbons (Fsp3) is 0.389. The smallest absolute Gasteiger partial charge is 0.276 e. The molecule has 27 heavy (non-hydrogen) atoms. The Bertz CT molecular complexity index is 889. The Balaban J connectivity index is 1.77. The minimum atomic E-state index is -3.70. The van der Waals surface area contributed by atoms with Gasteiger partial charge in [0.15, 0.2) is 0 Å². The van der Waals surface area contributed by atoms with E-state index in [2.05, 4.69) is 10.7 Å². The number of methoxy groups -OCH3 is 1. The molecule has 9 heteroatoms. The Hall–Kier alpha value is -1.94. The van der Waals surface area contributed by atoms with Gasteiger partial charge < -0.3 is 10.1 Å². The van der Waals surface area contributed by atoms with Crippen molar-refractivity contribution in [2.24, 2.45) is 5.14 Å². The number of para-hydroxylation sites is 1. The fourth-order valence-electron chi connectivity index (χ4n) is 3.48. The molecule has 1 saturated heterocycles. The van der Waals surface area contributed by atoms with E-state index in [4.69, 9.17) is 9.88 Å². The fourth-order valence-corrected chi connectivity index (χ4v) is 4.95. The predicted octanol–water partition coefficient (Wildman–Crippen LogP) is 1.72. The summed E-state index contributed by atoms with van der Waals surface area (Å²) in [6, 6.07) is 9.10. The molecule has 0 atom stereocenters. The zero-order valence-electron chi connectivity index (χ0n) is 15.1. The zero-order valence-corrected chi connectivity index (χ0v) is 16.7. The first kappa shape index (κ1) is 19.8. The highest BCUT2D eigenvalue weighted by molar-refractivity contribution is 7.86. The van der Waals surface area contributed by atoms with E-state index in [1.165, 1.54) is 11.4 Å². The van der Waals surface area contributed by atoms with E-state index in [0.29, 0.717) is 43.8 Å². The monoisotopic (exact) mass is 409 g/mol. The van der Waals surface area contributed by atoms with Crippen molar-refractivity contribution in [2.75, 3.05) is 26.7 Å². The Morgan fingerprint density at radius 3 is 2.59 bits per heavy atom. The molecule has 1 aromatic heterocycles. The highest BCUT2D eigenvalue weighted by Gasteiger charge is 2.39. The maximum absolute atomic E-state index is 12.7. The Kier molecular flexibility index (Phi) is 5.85. The molecule has 1 aliphatic rings. The van der Waals surface area contributed by atoms with Crippen molar-refractivity contribution in [3.05, 3.63) is 52.2 Å². The normalized spacial score (nSPS) is 17.4. The van der Waals surface area contributed by atoms with Crippen molar-refractivity contribution < 1.29 is 17.9 Å². The van der Waals surface area contributed by atoms with Crippen LogP contribution in [0, 0.1) is 0 Å². The molecular weight excluding hydrogens is 386 g/mol. The van der Waals surface area contributed by atoms with Crippen molar-refractivity contribution in [1.29, 1.82) is 0 Å². The van der Waals surface area contributed by atoms with Crippen LogP contribution in [0.2, 0.25) is 0 Å². The van der Waals surface area contributed by atoms with Crippen molar-refractivity contribution >= 4 is 27.5 Å². The van der Waals surface area contributed by atoms with Crippen LogP contribution >= 0.6 is 11.3 Å². The molecule has 1 aromatic carbocycles. The molecule has 1 amide bonds. The van der Waals surface area contributed by atoms with E-state index in [9.17, 15) is 13.2 Å². The van der Waals surface area contributed by atoms with Gasteiger partial charge >= 0.3 is 0 Å². The predicted molar refractivity (Wildman–Crippen MR) is 105 cm³/mol. The summed E-state index contributed by atoms with van der Waals surface area (Å²) in [4.78, 5) is 12.7. The molecule has 2 heterocycles. The first-order valence-electron chi connectivity index (χ1n) is 8.57. The second-order valence-electron chi connectivity index (χ2n) is 6.62. The molecule has 0 radical (unpaired) electrons. The summed E-state index contributed by atoms with van der Waals surface area (Å²) in [6.07, 6.45) is 1.18. The molecule has 1 aliphatic heterocycles. The number of ether oxygens (including phenoxy) is 1. The molecule has 3 rings (SSSR count). The van der Waals surface area contributed by atoms with E-state index in [0.717, 1.165) is 5.56 Å². The Morgan fingerprint density at radius 1 is 1.30 bits per heavy atom. The summed E-state index contributed by atoms with van der Waals surface area (Å²) >= 11 is 1.59. The summed E-state index contributed by atoms with van der Waals surface area (Å²) in [7, 11) is -2.17. The van der Waals surface area contributed by atoms with E-state index in [-0.39, 0.29) is 11.3 Å². The van der Waals surface area contributed by atoms with E-state index < -0.39 is 10.2 Å². The van der Waals surface area contributed by atoms with Gasteiger partial charge in [0.2, 0.25) is 0 Å². The number of amides is 1. The molecule has 1 fully saturated rings. The molecule has 0 aliphatic carbocycles. The number of benzene rings is 1. The molecule has 146 valence electrons. The molecule has 3 N–H and O–H groups in total. The lowest BCUT2D eigenvalue weighted by Gasteiger charge is -2.40. The maximum Gasteiger partial charge on any atom is 0.276 e. The van der Waals surface area contributed by atoms with E-state index in [1.807, 2.05) is 17.5 Å². The molecule has 0 bridgehead atoms. The quantitative estimate of drug-likeness (QED) is 0.758. The first-order chi connectivity index (χ1) is 12.9. The summed E-state index contributed by atoms with van der Waals surface area (Å²) in [5.74, 6) is 0.305. The number of thiophene rings is 1. The zero-order chi connectivity index (χ0) is 19.5. The third kappa shape index (κ3) is 4.32. The van der Waals surface area contributed by atoms with Gasteiger partial charge in [0.05, 0.1) is 12.7 Å². The van der Waals surface area contributed by atoms with Crippen LogP contribution in [0.3, 0.4) is 0 Å². The topological polar surface area (TPSA) is 102 Å². The first-order valence-corrected chi connectivity index (χ1v) is 11.0. The summed E-state index contributed by atoms with van der Waals surface area (Å²) < 4.78 is 29.8. The van der Waals surface area contributed by atoms with Gasteiger partial charge in [-0.2, -0.15) is 24.1 Å². The van der Waals surface area contributed by atoms with Crippen LogP contribution in [0.1, 0.15) is 28.8 Å². The molecule has 7 nitrogen and oxygen atoms in total. The van der Waals surface area contributed by atoms with Crippen molar-refractivity contribution in [3.8, 4) is 5.75 Å². The Morgan fingerprint density at radius 2 is 2.00 bits per heavy atom. The van der Waals surface area contributed by atoms with Crippen molar-refractivity contribution in [3.63, 3.8) is 0 Å². The third-order valence-electron chi connectivity index (χ3n) is 5.11. The highest BCUT2D eigenvalue weighted by Crippen LogP contribution is 2.37. The molecule has 2 aromatic rings. The van der Waals surface area contributed by atoms with Crippen LogP contribution in [-0.4, -0.2) is 45.4 Å². The van der Waals surface area contributed by atoms with Gasteiger partial charge in [0.1, 0.15) is 5.75 Å². The highest BCUT2D eigenvalue weighted by atomic mass is 32.2. The number of nitrogens with two attached hydrogens (primary N) is 1. The number of carbonyl (C=O) groups is 1. The number of nitrogens with zero attached hydrogens (tertiary/aromatic N) is 1. The van der Waals surface area contributed by atoms with Crippen LogP contribution < -0.4 is 15.2 Å². The van der Waals surface area contributed by atoms with Crippen LogP contribution in [-0.2, 0) is 15.6 Å². The number of carbonyl (C=O) groups excluding carboxylic acids is 1. The average molecular weight is 410 g/mol. The average Bonchev–Trinajstić information content (AvgIpc) is 3.21. The molecule has 0 unspecified atom stereocenters. The van der Waals surface area contributed by atoms with Gasteiger partial charge in [0.25, 0.3) is 16.1 Å². The lowest BCUT2D eigenvalue weighted by atomic mass is 9.74. The van der Waals surface area contributed by atoms with E-state index in [1.54, 1.807) is 29.5 Å². The van der Waals surface area contributed by atoms with Crippen LogP contribution in [0.4, 0.5) is 0 Å². The van der Waals surface area contributed by atoms with Gasteiger partial charge in [-0.15, -0.1) is 0 Å². The minimum absolute atomic E-state index is 0.212. The summed E-state index contributed by atoms with van der Waals surface area (Å²) in [6.45, 7) is 1.08. The minimum Gasteiger partial charge on any atom is -0.496 e. The molecular formula is C18H23N3O4S2. The van der Waals surface area contributed by atoms with Crippen molar-refractivity contribution in [1.82, 2.24) is 9.62 Å². The van der Waals surface area contributed by atoms with Crippen molar-refractivity contribution in [2.45, 2.75) is 18.3 Å². The Labute approximate surface area is 163 Å². The van der Waals surface area contributed by atoms with Gasteiger partial charge in [-0.05, 0) is 47.4 Å². The second kappa shape index (κ2) is 7.97. The largest absolute Gasteiger partial charge is 0.496 e. The molecule has 0 saturated carbocycles. The number of rotatable bonds is 6. The number of hydrogen-bond donors (Lipinski definition) is 2. The van der Waals surface area contributed by atoms with Gasteiger partial charge in [0, 0.05) is 25.0 Å². The van der Waals surface area contributed by atoms with Gasteiger partial charge in [-0.3, -0.25) is 4.79 Å². The summed E-state index contributed by atoms with van der Waals surface area (Å²) in [5, 5.41) is 12.3. The van der Waals surface area contributed by atoms with Crippen LogP contribution in [0.15, 0.2) is 41.1 Å². The third-order valence-corrected chi connectivity index (χ3v) is 6.88. The van der Waals surface area contributed by atoms with E-state index >= 15 is 0 Å². The summed E-state index contributed by atoms with van der Waals surface area (Å²) in [5.41, 5.74) is 1.27. The van der Waals surface area contributed by atoms with Crippen LogP contribution in [0.5, 0.6) is 5.75 Å². The van der Waals surface area contributed by atoms with Gasteiger partial charge in [-0.25, -0.2) is 5.14 Å². The van der Waals surface area contributed by atoms with Crippen LogP contribution in [0.25, 0.3) is 0 Å². The number of hydrogen-bond acceptors (Lipinski definition) is 5. The second-order valence-corrected chi connectivity index (χ2v) is 8.95. The maximum atomic E-state index is 12.7. The lowest BCUT2D eigenvalue weighted by Crippen LogP contribution is -2.51. The molecule has 0 spiro atoms. The SMILES string of the molecule is COc1ccccc1C(=O)NCC1(c2ccsc2)CCN(S(N)(=O)=O)CC1. The number of nitrogens with one attached hydrogen (secondary N) is 1. The lowest BCUT2D eigenvalue weighted by molar-refractivity contribution is 0.0930. The van der Waals surface area contributed by atoms with Gasteiger partial charge in [-0.1, -0.05) is 12.1 Å².